The molecule has 0 saturated carbocycles. The highest BCUT2D eigenvalue weighted by atomic mass is 28.4. The van der Waals surface area contributed by atoms with Gasteiger partial charge in [0.2, 0.25) is 0 Å². The predicted octanol–water partition coefficient (Wildman–Crippen LogP) is 7.26. The van der Waals surface area contributed by atoms with Gasteiger partial charge in [0.1, 0.15) is 0 Å². The standard InChI is InChI=1S/C36H56O5Si2/c1-34(2,3)42(10,11)40-27-25-31(33(38)39-9)32(37)24-18-19-26-36(7,8)28-41-43(35(4,5)6,29-20-14-12-15-21-29)30-22-16-13-17-23-30/h12-24,26,31-32,37H,25,27-28H2,1-11H3/b24-18+,26-19+/t31-,32+/m0/s1. The number of carbonyl (C=O) groups is 1. The molecular formula is C36H56O5Si2. The molecule has 5 nitrogen and oxygen atoms in total. The van der Waals surface area contributed by atoms with Crippen molar-refractivity contribution in [1.82, 2.24) is 0 Å². The predicted molar refractivity (Wildman–Crippen MR) is 185 cm³/mol. The van der Waals surface area contributed by atoms with Gasteiger partial charge in [0.25, 0.3) is 8.32 Å². The maximum Gasteiger partial charge on any atom is 0.311 e. The molecule has 0 radical (unpaired) electrons. The third-order valence-corrected chi connectivity index (χ3v) is 18.2. The van der Waals surface area contributed by atoms with Gasteiger partial charge in [0, 0.05) is 18.6 Å². The van der Waals surface area contributed by atoms with Crippen LogP contribution in [0.15, 0.2) is 85.0 Å². The third kappa shape index (κ3) is 9.85. The Morgan fingerprint density at radius 1 is 0.814 bits per heavy atom. The summed E-state index contributed by atoms with van der Waals surface area (Å²) in [6.45, 7) is 23.0. The normalized spacial score (nSPS) is 15.2. The van der Waals surface area contributed by atoms with E-state index in [-0.39, 0.29) is 15.5 Å². The molecule has 0 saturated heterocycles. The molecule has 0 aliphatic heterocycles. The van der Waals surface area contributed by atoms with Gasteiger partial charge in [0.05, 0.1) is 19.1 Å². The summed E-state index contributed by atoms with van der Waals surface area (Å²) < 4.78 is 18.4. The first-order valence-electron chi connectivity index (χ1n) is 15.4. The van der Waals surface area contributed by atoms with E-state index in [2.05, 4.69) is 135 Å². The van der Waals surface area contributed by atoms with Gasteiger partial charge in [-0.25, -0.2) is 0 Å². The lowest BCUT2D eigenvalue weighted by Gasteiger charge is -2.44. The van der Waals surface area contributed by atoms with Crippen molar-refractivity contribution in [1.29, 1.82) is 0 Å². The number of carbonyl (C=O) groups excluding carboxylic acids is 1. The van der Waals surface area contributed by atoms with E-state index in [1.54, 1.807) is 12.2 Å². The molecule has 0 aliphatic carbocycles. The Morgan fingerprint density at radius 3 is 1.77 bits per heavy atom. The molecule has 2 aromatic carbocycles. The van der Waals surface area contributed by atoms with Gasteiger partial charge in [-0.1, -0.05) is 140 Å². The molecule has 0 bridgehead atoms. The molecule has 2 atom stereocenters. The summed E-state index contributed by atoms with van der Waals surface area (Å²) in [5.41, 5.74) is -0.277. The second-order valence-electron chi connectivity index (χ2n) is 14.7. The minimum absolute atomic E-state index is 0.0742. The van der Waals surface area contributed by atoms with Crippen LogP contribution in [0.4, 0.5) is 0 Å². The van der Waals surface area contributed by atoms with Crippen molar-refractivity contribution in [2.24, 2.45) is 11.3 Å². The summed E-state index contributed by atoms with van der Waals surface area (Å²) in [5, 5.41) is 13.4. The first kappa shape index (κ1) is 36.9. The average Bonchev–Trinajstić information content (AvgIpc) is 2.93. The highest BCUT2D eigenvalue weighted by Gasteiger charge is 2.50. The topological polar surface area (TPSA) is 65.0 Å². The molecule has 0 aromatic heterocycles. The monoisotopic (exact) mass is 624 g/mol. The number of hydrogen-bond donors (Lipinski definition) is 1. The van der Waals surface area contributed by atoms with Crippen molar-refractivity contribution in [2.45, 2.75) is 91.1 Å². The fraction of sp³-hybridized carbons (Fsp3) is 0.528. The molecule has 2 aromatic rings. The van der Waals surface area contributed by atoms with Gasteiger partial charge in [-0.05, 0) is 40.0 Å². The van der Waals surface area contributed by atoms with Crippen molar-refractivity contribution in [3.63, 3.8) is 0 Å². The number of ether oxygens (including phenoxy) is 1. The van der Waals surface area contributed by atoms with Crippen LogP contribution in [0.2, 0.25) is 23.2 Å². The van der Waals surface area contributed by atoms with E-state index < -0.39 is 34.6 Å². The number of aliphatic hydroxyl groups excluding tert-OH is 1. The Hall–Kier alpha value is -2.30. The van der Waals surface area contributed by atoms with Crippen molar-refractivity contribution in [3.05, 3.63) is 85.0 Å². The highest BCUT2D eigenvalue weighted by molar-refractivity contribution is 6.99. The number of allylic oxidation sites excluding steroid dienone is 2. The second-order valence-corrected chi connectivity index (χ2v) is 23.8. The molecule has 0 spiro atoms. The number of esters is 1. The van der Waals surface area contributed by atoms with Crippen LogP contribution in [0.1, 0.15) is 61.8 Å². The SMILES string of the molecule is COC(=O)[C@@H](CCO[Si](C)(C)C(C)(C)C)[C@H](O)/C=C/C=C/C(C)(C)CO[Si](c1ccccc1)(c1ccccc1)C(C)(C)C. The molecule has 0 amide bonds. The quantitative estimate of drug-likeness (QED) is 0.136. The van der Waals surface area contributed by atoms with Crippen LogP contribution < -0.4 is 10.4 Å². The largest absolute Gasteiger partial charge is 0.469 e. The van der Waals surface area contributed by atoms with Crippen molar-refractivity contribution in [3.8, 4) is 0 Å². The Bertz CT molecular complexity index is 1150. The molecular weight excluding hydrogens is 569 g/mol. The second kappa shape index (κ2) is 15.1. The van der Waals surface area contributed by atoms with E-state index in [1.165, 1.54) is 17.5 Å². The first-order chi connectivity index (χ1) is 19.9. The van der Waals surface area contributed by atoms with Crippen LogP contribution in [-0.2, 0) is 18.4 Å². The summed E-state index contributed by atoms with van der Waals surface area (Å²) in [6.07, 6.45) is 6.91. The van der Waals surface area contributed by atoms with Crippen LogP contribution in [-0.4, -0.2) is 54.1 Å². The van der Waals surface area contributed by atoms with Crippen LogP contribution in [0, 0.1) is 11.3 Å². The molecule has 2 rings (SSSR count). The summed E-state index contributed by atoms with van der Waals surface area (Å²) >= 11 is 0. The number of rotatable bonds is 14. The number of aliphatic hydroxyl groups is 1. The van der Waals surface area contributed by atoms with Crippen LogP contribution in [0.3, 0.4) is 0 Å². The van der Waals surface area contributed by atoms with Gasteiger partial charge in [-0.3, -0.25) is 4.79 Å². The summed E-state index contributed by atoms with van der Waals surface area (Å²) in [6, 6.07) is 21.3. The molecule has 1 N–H and O–H groups in total. The zero-order valence-electron chi connectivity index (χ0n) is 28.4. The Kier molecular flexibility index (Phi) is 13.0. The van der Waals surface area contributed by atoms with Crippen LogP contribution in [0.25, 0.3) is 0 Å². The molecule has 7 heteroatoms. The van der Waals surface area contributed by atoms with Crippen LogP contribution in [0.5, 0.6) is 0 Å². The van der Waals surface area contributed by atoms with E-state index in [0.29, 0.717) is 19.6 Å². The zero-order chi connectivity index (χ0) is 32.5. The summed E-state index contributed by atoms with van der Waals surface area (Å²) in [7, 11) is -3.24. The van der Waals surface area contributed by atoms with E-state index in [0.717, 1.165) is 0 Å². The maximum absolute atomic E-state index is 12.5. The van der Waals surface area contributed by atoms with Crippen molar-refractivity contribution < 1.29 is 23.5 Å². The van der Waals surface area contributed by atoms with Gasteiger partial charge in [-0.2, -0.15) is 0 Å². The van der Waals surface area contributed by atoms with Gasteiger partial charge in [0.15, 0.2) is 8.32 Å². The summed E-state index contributed by atoms with van der Waals surface area (Å²) in [5.74, 6) is -1.12. The van der Waals surface area contributed by atoms with E-state index in [1.807, 2.05) is 6.08 Å². The number of hydrogen-bond acceptors (Lipinski definition) is 5. The van der Waals surface area contributed by atoms with E-state index in [9.17, 15) is 9.90 Å². The number of benzene rings is 2. The Balaban J connectivity index is 2.19. The fourth-order valence-corrected chi connectivity index (χ4v) is 10.8. The fourth-order valence-electron chi connectivity index (χ4n) is 4.97. The lowest BCUT2D eigenvalue weighted by atomic mass is 9.94. The first-order valence-corrected chi connectivity index (χ1v) is 20.2. The maximum atomic E-state index is 12.5. The molecule has 0 unspecified atom stereocenters. The van der Waals surface area contributed by atoms with Gasteiger partial charge < -0.3 is 18.7 Å². The van der Waals surface area contributed by atoms with Crippen molar-refractivity contribution in [2.75, 3.05) is 20.3 Å². The Labute approximate surface area is 263 Å². The average molecular weight is 625 g/mol. The molecule has 43 heavy (non-hydrogen) atoms. The lowest BCUT2D eigenvalue weighted by Crippen LogP contribution is -2.67. The number of methoxy groups -OCH3 is 1. The zero-order valence-corrected chi connectivity index (χ0v) is 30.4. The van der Waals surface area contributed by atoms with E-state index in [4.69, 9.17) is 13.6 Å². The van der Waals surface area contributed by atoms with Crippen molar-refractivity contribution >= 4 is 33.0 Å². The molecule has 238 valence electrons. The molecule has 0 fully saturated rings. The lowest BCUT2D eigenvalue weighted by molar-refractivity contribution is -0.149. The van der Waals surface area contributed by atoms with Gasteiger partial charge >= 0.3 is 5.97 Å². The van der Waals surface area contributed by atoms with E-state index >= 15 is 0 Å². The van der Waals surface area contributed by atoms with Crippen LogP contribution >= 0.6 is 0 Å². The molecule has 0 aliphatic rings. The third-order valence-electron chi connectivity index (χ3n) is 8.66. The summed E-state index contributed by atoms with van der Waals surface area (Å²) in [4.78, 5) is 12.5. The Morgan fingerprint density at radius 2 is 1.33 bits per heavy atom. The molecule has 0 heterocycles. The van der Waals surface area contributed by atoms with Gasteiger partial charge in [-0.15, -0.1) is 0 Å². The smallest absolute Gasteiger partial charge is 0.311 e. The minimum atomic E-state index is -2.65. The highest BCUT2D eigenvalue weighted by Crippen LogP contribution is 2.38. The minimum Gasteiger partial charge on any atom is -0.469 e.